The Bertz CT molecular complexity index is 1270. The van der Waals surface area contributed by atoms with Crippen molar-refractivity contribution in [3.05, 3.63) is 36.0 Å². The van der Waals surface area contributed by atoms with Crippen molar-refractivity contribution < 1.29 is 38.6 Å². The number of carbonyl (C=O) groups is 5. The number of aliphatic hydroxyl groups excluding tert-OH is 1. The number of amides is 4. The van der Waals surface area contributed by atoms with E-state index in [0.717, 1.165) is 15.8 Å². The fourth-order valence-corrected chi connectivity index (χ4v) is 4.57. The largest absolute Gasteiger partial charge is 0.461 e. The highest BCUT2D eigenvalue weighted by molar-refractivity contribution is 5.95. The van der Waals surface area contributed by atoms with Gasteiger partial charge in [0.05, 0.1) is 12.6 Å². The first-order chi connectivity index (χ1) is 18.7. The number of ether oxygens (including phenoxy) is 2. The second kappa shape index (κ2) is 12.4. The monoisotopic (exact) mass is 559 g/mol. The number of benzene rings is 1. The molecule has 2 aromatic rings. The normalized spacial score (nSPS) is 19.4. The highest BCUT2D eigenvalue weighted by Gasteiger charge is 2.44. The molecule has 0 radical (unpaired) electrons. The number of H-pyrrole nitrogens is 1. The Balaban J connectivity index is 1.89. The van der Waals surface area contributed by atoms with Crippen molar-refractivity contribution in [3.8, 4) is 0 Å². The standard InChI is InChI=1S/C27H37N5O8/c1-14(33)22(23(28)35)31-24(36)20(10-16-12-29-19-9-7-6-8-18(16)19)30-25(37)21-11-17(39-15(2)34)13-32(21)26(38)40-27(3,4)5/h6-9,12,14,17,20-22,29,33H,10-11,13H2,1-5H3,(H2,28,35)(H,30,37)(H,31,36)/t14-,17-,20+,21+,22+/m1/s1. The predicted octanol–water partition coefficient (Wildman–Crippen LogP) is 0.487. The molecule has 5 atom stereocenters. The molecule has 13 heteroatoms. The first-order valence-electron chi connectivity index (χ1n) is 13.0. The molecule has 0 bridgehead atoms. The van der Waals surface area contributed by atoms with Gasteiger partial charge in [0.15, 0.2) is 0 Å². The number of rotatable bonds is 9. The third-order valence-electron chi connectivity index (χ3n) is 6.34. The van der Waals surface area contributed by atoms with Gasteiger partial charge in [-0.1, -0.05) is 18.2 Å². The van der Waals surface area contributed by atoms with Crippen LogP contribution in [0.25, 0.3) is 10.9 Å². The number of likely N-dealkylation sites (tertiary alicyclic amines) is 1. The van der Waals surface area contributed by atoms with Crippen LogP contribution in [0.15, 0.2) is 30.5 Å². The average Bonchev–Trinajstić information content (AvgIpc) is 3.44. The molecule has 0 unspecified atom stereocenters. The minimum atomic E-state index is -1.40. The Kier molecular flexibility index (Phi) is 9.40. The Labute approximate surface area is 231 Å². The summed E-state index contributed by atoms with van der Waals surface area (Å²) in [7, 11) is 0. The van der Waals surface area contributed by atoms with E-state index in [-0.39, 0.29) is 19.4 Å². The number of aromatic nitrogens is 1. The van der Waals surface area contributed by atoms with Crippen molar-refractivity contribution in [2.45, 2.75) is 83.4 Å². The van der Waals surface area contributed by atoms with Crippen molar-refractivity contribution in [1.29, 1.82) is 0 Å². The lowest BCUT2D eigenvalue weighted by Gasteiger charge is -2.29. The van der Waals surface area contributed by atoms with Crippen LogP contribution in [-0.2, 0) is 35.1 Å². The number of primary amides is 1. The zero-order chi connectivity index (χ0) is 29.8. The van der Waals surface area contributed by atoms with E-state index < -0.39 is 65.7 Å². The number of nitrogens with zero attached hydrogens (tertiary/aromatic N) is 1. The number of hydrogen-bond donors (Lipinski definition) is 5. The summed E-state index contributed by atoms with van der Waals surface area (Å²) in [5.41, 5.74) is 6.02. The molecule has 6 N–H and O–H groups in total. The molecule has 1 saturated heterocycles. The van der Waals surface area contributed by atoms with Gasteiger partial charge < -0.3 is 35.9 Å². The summed E-state index contributed by atoms with van der Waals surface area (Å²) < 4.78 is 10.7. The molecular weight excluding hydrogens is 522 g/mol. The van der Waals surface area contributed by atoms with Crippen LogP contribution in [0.5, 0.6) is 0 Å². The molecule has 1 aromatic carbocycles. The van der Waals surface area contributed by atoms with Gasteiger partial charge in [-0.05, 0) is 39.3 Å². The lowest BCUT2D eigenvalue weighted by atomic mass is 10.0. The summed E-state index contributed by atoms with van der Waals surface area (Å²) in [6, 6.07) is 3.66. The molecule has 1 fully saturated rings. The first-order valence-corrected chi connectivity index (χ1v) is 13.0. The van der Waals surface area contributed by atoms with Gasteiger partial charge in [-0.25, -0.2) is 4.79 Å². The lowest BCUT2D eigenvalue weighted by Crippen LogP contribution is -2.58. The molecule has 218 valence electrons. The van der Waals surface area contributed by atoms with Crippen LogP contribution < -0.4 is 16.4 Å². The Morgan fingerprint density at radius 1 is 1.18 bits per heavy atom. The molecule has 1 aromatic heterocycles. The summed E-state index contributed by atoms with van der Waals surface area (Å²) in [6.45, 7) is 7.49. The third kappa shape index (κ3) is 7.72. The van der Waals surface area contributed by atoms with Crippen LogP contribution in [0.2, 0.25) is 0 Å². The average molecular weight is 560 g/mol. The molecule has 4 amide bonds. The van der Waals surface area contributed by atoms with Gasteiger partial charge >= 0.3 is 12.1 Å². The van der Waals surface area contributed by atoms with Crippen LogP contribution in [-0.4, -0.2) is 87.3 Å². The number of nitrogens with two attached hydrogens (primary N) is 1. The Morgan fingerprint density at radius 2 is 1.85 bits per heavy atom. The van der Waals surface area contributed by atoms with E-state index in [0.29, 0.717) is 5.56 Å². The van der Waals surface area contributed by atoms with Gasteiger partial charge in [0.2, 0.25) is 17.7 Å². The minimum Gasteiger partial charge on any atom is -0.461 e. The fourth-order valence-electron chi connectivity index (χ4n) is 4.57. The smallest absolute Gasteiger partial charge is 0.411 e. The van der Waals surface area contributed by atoms with Crippen LogP contribution in [0.3, 0.4) is 0 Å². The van der Waals surface area contributed by atoms with Crippen molar-refractivity contribution in [2.24, 2.45) is 5.73 Å². The zero-order valence-electron chi connectivity index (χ0n) is 23.2. The summed E-state index contributed by atoms with van der Waals surface area (Å²) in [5.74, 6) is -2.96. The molecule has 3 rings (SSSR count). The number of para-hydroxylation sites is 1. The van der Waals surface area contributed by atoms with Crippen LogP contribution in [0, 0.1) is 0 Å². The highest BCUT2D eigenvalue weighted by Crippen LogP contribution is 2.25. The predicted molar refractivity (Wildman–Crippen MR) is 144 cm³/mol. The summed E-state index contributed by atoms with van der Waals surface area (Å²) in [5, 5.41) is 15.9. The fraction of sp³-hybridized carbons (Fsp3) is 0.519. The SMILES string of the molecule is CC(=O)O[C@@H]1C[C@@H](C(=O)N[C@@H](Cc2c[nH]c3ccccc23)C(=O)N[C@H](C(N)=O)[C@@H](C)O)N(C(=O)OC(C)(C)C)C1. The van der Waals surface area contributed by atoms with E-state index in [2.05, 4.69) is 15.6 Å². The van der Waals surface area contributed by atoms with Crippen LogP contribution in [0.4, 0.5) is 4.79 Å². The number of esters is 1. The maximum Gasteiger partial charge on any atom is 0.411 e. The van der Waals surface area contributed by atoms with Crippen molar-refractivity contribution in [1.82, 2.24) is 20.5 Å². The van der Waals surface area contributed by atoms with E-state index in [1.54, 1.807) is 27.0 Å². The van der Waals surface area contributed by atoms with Gasteiger partial charge in [-0.15, -0.1) is 0 Å². The minimum absolute atomic E-state index is 0.0103. The molecule has 1 aliphatic heterocycles. The third-order valence-corrected chi connectivity index (χ3v) is 6.34. The zero-order valence-corrected chi connectivity index (χ0v) is 23.2. The van der Waals surface area contributed by atoms with Crippen LogP contribution >= 0.6 is 0 Å². The number of carbonyl (C=O) groups excluding carboxylic acids is 5. The molecule has 1 aliphatic rings. The van der Waals surface area contributed by atoms with E-state index in [9.17, 15) is 29.1 Å². The molecular formula is C27H37N5O8. The van der Waals surface area contributed by atoms with Gasteiger partial charge in [0.25, 0.3) is 0 Å². The summed E-state index contributed by atoms with van der Waals surface area (Å²) in [4.78, 5) is 67.6. The maximum atomic E-state index is 13.6. The van der Waals surface area contributed by atoms with Gasteiger partial charge in [0.1, 0.15) is 29.8 Å². The molecule has 0 aliphatic carbocycles. The molecule has 0 spiro atoms. The van der Waals surface area contributed by atoms with Crippen molar-refractivity contribution in [2.75, 3.05) is 6.54 Å². The first kappa shape index (κ1) is 30.4. The maximum absolute atomic E-state index is 13.6. The van der Waals surface area contributed by atoms with E-state index in [4.69, 9.17) is 15.2 Å². The lowest BCUT2D eigenvalue weighted by molar-refractivity contribution is -0.145. The van der Waals surface area contributed by atoms with E-state index in [1.807, 2.05) is 24.3 Å². The number of fused-ring (bicyclic) bond motifs is 1. The quantitative estimate of drug-likeness (QED) is 0.274. The summed E-state index contributed by atoms with van der Waals surface area (Å²) >= 11 is 0. The molecule has 13 nitrogen and oxygen atoms in total. The number of nitrogens with one attached hydrogen (secondary N) is 3. The Morgan fingerprint density at radius 3 is 2.45 bits per heavy atom. The molecule has 40 heavy (non-hydrogen) atoms. The summed E-state index contributed by atoms with van der Waals surface area (Å²) in [6.07, 6.45) is -1.11. The highest BCUT2D eigenvalue weighted by atomic mass is 16.6. The van der Waals surface area contributed by atoms with E-state index in [1.165, 1.54) is 13.8 Å². The second-order valence-corrected chi connectivity index (χ2v) is 10.9. The van der Waals surface area contributed by atoms with Gasteiger partial charge in [-0.3, -0.25) is 24.1 Å². The van der Waals surface area contributed by atoms with Gasteiger partial charge in [-0.2, -0.15) is 0 Å². The number of aromatic amines is 1. The van der Waals surface area contributed by atoms with Crippen LogP contribution in [0.1, 0.15) is 46.6 Å². The topological polar surface area (TPSA) is 193 Å². The van der Waals surface area contributed by atoms with Crippen molar-refractivity contribution in [3.63, 3.8) is 0 Å². The van der Waals surface area contributed by atoms with Gasteiger partial charge in [0, 0.05) is 36.9 Å². The molecule has 2 heterocycles. The number of hydrogen-bond acceptors (Lipinski definition) is 8. The molecule has 0 saturated carbocycles. The number of aliphatic hydroxyl groups is 1. The van der Waals surface area contributed by atoms with Crippen molar-refractivity contribution >= 4 is 40.7 Å². The second-order valence-electron chi connectivity index (χ2n) is 10.9. The van der Waals surface area contributed by atoms with E-state index >= 15 is 0 Å². The Hall–Kier alpha value is -4.13.